The second-order valence-corrected chi connectivity index (χ2v) is 14.0. The van der Waals surface area contributed by atoms with Crippen LogP contribution in [0.4, 0.5) is 9.59 Å². The zero-order chi connectivity index (χ0) is 37.3. The molecule has 14 nitrogen and oxygen atoms in total. The Bertz CT molecular complexity index is 2180. The predicted octanol–water partition coefficient (Wildman–Crippen LogP) is 5.93. The van der Waals surface area contributed by atoms with Crippen LogP contribution in [0.2, 0.25) is 0 Å². The zero-order valence-electron chi connectivity index (χ0n) is 30.1. The van der Waals surface area contributed by atoms with Crippen LogP contribution in [-0.2, 0) is 19.1 Å². The van der Waals surface area contributed by atoms with Gasteiger partial charge in [0.05, 0.1) is 49.2 Å². The Labute approximate surface area is 311 Å². The molecule has 54 heavy (non-hydrogen) atoms. The molecule has 0 aliphatic carbocycles. The van der Waals surface area contributed by atoms with Crippen molar-refractivity contribution in [1.29, 1.82) is 0 Å². The number of alkyl carbamates (subject to hydrolysis) is 2. The molecule has 278 valence electrons. The van der Waals surface area contributed by atoms with Gasteiger partial charge < -0.3 is 39.9 Å². The molecule has 5 atom stereocenters. The first kappa shape index (κ1) is 34.9. The number of methoxy groups -OCH3 is 2. The number of hydrogen-bond donors (Lipinski definition) is 4. The number of rotatable bonds is 8. The molecular formula is C40H42N8O6. The Morgan fingerprint density at radius 1 is 0.815 bits per heavy atom. The quantitative estimate of drug-likeness (QED) is 0.152. The number of fused-ring (bicyclic) bond motifs is 2. The van der Waals surface area contributed by atoms with Crippen molar-refractivity contribution in [2.24, 2.45) is 0 Å². The zero-order valence-corrected chi connectivity index (χ0v) is 30.1. The third-order valence-corrected chi connectivity index (χ3v) is 10.9. The Morgan fingerprint density at radius 3 is 2.33 bits per heavy atom. The minimum absolute atomic E-state index is 0.0958. The molecule has 5 aromatic rings. The minimum atomic E-state index is -0.884. The van der Waals surface area contributed by atoms with Gasteiger partial charge in [-0.15, -0.1) is 0 Å². The molecule has 0 saturated carbocycles. The highest BCUT2D eigenvalue weighted by Crippen LogP contribution is 2.41. The lowest BCUT2D eigenvalue weighted by Crippen LogP contribution is -2.54. The third kappa shape index (κ3) is 6.63. The van der Waals surface area contributed by atoms with Gasteiger partial charge in [-0.25, -0.2) is 19.6 Å². The summed E-state index contributed by atoms with van der Waals surface area (Å²) in [5, 5.41) is 5.39. The van der Waals surface area contributed by atoms with Crippen LogP contribution in [0, 0.1) is 0 Å². The van der Waals surface area contributed by atoms with Gasteiger partial charge in [0.1, 0.15) is 23.7 Å². The smallest absolute Gasteiger partial charge is 0.407 e. The largest absolute Gasteiger partial charge is 0.453 e. The molecule has 3 aliphatic heterocycles. The van der Waals surface area contributed by atoms with E-state index in [1.807, 2.05) is 59.5 Å². The van der Waals surface area contributed by atoms with Crippen molar-refractivity contribution >= 4 is 35.0 Å². The summed E-state index contributed by atoms with van der Waals surface area (Å²) in [5.41, 5.74) is 6.20. The molecule has 1 unspecified atom stereocenters. The van der Waals surface area contributed by atoms with Crippen LogP contribution in [-0.4, -0.2) is 86.6 Å². The van der Waals surface area contributed by atoms with Crippen molar-refractivity contribution in [3.05, 3.63) is 96.2 Å². The van der Waals surface area contributed by atoms with Crippen molar-refractivity contribution in [1.82, 2.24) is 40.4 Å². The van der Waals surface area contributed by atoms with Gasteiger partial charge in [-0.05, 0) is 72.9 Å². The van der Waals surface area contributed by atoms with Gasteiger partial charge in [-0.2, -0.15) is 0 Å². The molecular weight excluding hydrogens is 688 g/mol. The van der Waals surface area contributed by atoms with E-state index >= 15 is 0 Å². The Hall–Kier alpha value is -6.18. The number of aromatic nitrogens is 4. The summed E-state index contributed by atoms with van der Waals surface area (Å²) >= 11 is 0. The number of carbonyl (C=O) groups is 4. The number of ether oxygens (including phenoxy) is 2. The number of aromatic amines is 2. The molecule has 14 heteroatoms. The van der Waals surface area contributed by atoms with Crippen molar-refractivity contribution < 1.29 is 28.7 Å². The second-order valence-electron chi connectivity index (χ2n) is 14.0. The van der Waals surface area contributed by atoms with E-state index < -0.39 is 24.3 Å². The SMILES string of the molecule is COC(=O)N[C@H]1CC[C@H]2CC[C@@H](c3ncc(-c4ccc(-c5ccc6nc(C7CCCN7C(=O)[C@H](NC(=O)OC)c7ccccc7)[nH]c6c5)cc4)[nH]3)N2C1=O. The molecule has 0 spiro atoms. The van der Waals surface area contributed by atoms with Gasteiger partial charge in [-0.3, -0.25) is 9.59 Å². The molecule has 2 aromatic heterocycles. The fraction of sp³-hybridized carbons (Fsp3) is 0.350. The molecule has 0 bridgehead atoms. The maximum absolute atomic E-state index is 13.9. The average Bonchev–Trinajstić information content (AvgIpc) is 4.03. The summed E-state index contributed by atoms with van der Waals surface area (Å²) in [7, 11) is 2.57. The number of piperidine rings is 1. The molecule has 8 rings (SSSR count). The lowest BCUT2D eigenvalue weighted by atomic mass is 9.98. The van der Waals surface area contributed by atoms with Crippen LogP contribution in [0.3, 0.4) is 0 Å². The van der Waals surface area contributed by atoms with Gasteiger partial charge in [-0.1, -0.05) is 60.7 Å². The van der Waals surface area contributed by atoms with Crippen LogP contribution >= 0.6 is 0 Å². The third-order valence-electron chi connectivity index (χ3n) is 10.9. The van der Waals surface area contributed by atoms with Crippen molar-refractivity contribution in [3.63, 3.8) is 0 Å². The first-order chi connectivity index (χ1) is 26.3. The summed E-state index contributed by atoms with van der Waals surface area (Å²) in [5.74, 6) is 1.13. The van der Waals surface area contributed by atoms with Crippen LogP contribution in [0.25, 0.3) is 33.4 Å². The maximum Gasteiger partial charge on any atom is 0.407 e. The topological polar surface area (TPSA) is 175 Å². The van der Waals surface area contributed by atoms with E-state index in [-0.39, 0.29) is 29.9 Å². The van der Waals surface area contributed by atoms with Gasteiger partial charge in [0, 0.05) is 12.6 Å². The van der Waals surface area contributed by atoms with Crippen LogP contribution in [0.15, 0.2) is 79.0 Å². The highest BCUT2D eigenvalue weighted by atomic mass is 16.5. The molecule has 4 N–H and O–H groups in total. The highest BCUT2D eigenvalue weighted by Gasteiger charge is 2.45. The van der Waals surface area contributed by atoms with E-state index in [1.54, 1.807) is 11.1 Å². The maximum atomic E-state index is 13.9. The lowest BCUT2D eigenvalue weighted by molar-refractivity contribution is -0.139. The fourth-order valence-corrected chi connectivity index (χ4v) is 8.22. The van der Waals surface area contributed by atoms with Crippen LogP contribution in [0.5, 0.6) is 0 Å². The molecule has 3 fully saturated rings. The highest BCUT2D eigenvalue weighted by molar-refractivity contribution is 5.88. The summed E-state index contributed by atoms with van der Waals surface area (Å²) in [6, 6.07) is 21.7. The summed E-state index contributed by atoms with van der Waals surface area (Å²) in [4.78, 5) is 71.5. The Balaban J connectivity index is 0.972. The molecule has 4 amide bonds. The molecule has 0 radical (unpaired) electrons. The number of nitrogens with zero attached hydrogens (tertiary/aromatic N) is 4. The van der Waals surface area contributed by atoms with E-state index in [1.165, 1.54) is 14.2 Å². The number of hydrogen-bond acceptors (Lipinski definition) is 8. The van der Waals surface area contributed by atoms with E-state index in [4.69, 9.17) is 14.5 Å². The molecule has 3 aromatic carbocycles. The molecule has 5 heterocycles. The molecule has 3 saturated heterocycles. The number of likely N-dealkylation sites (tertiary alicyclic amines) is 1. The first-order valence-electron chi connectivity index (χ1n) is 18.3. The van der Waals surface area contributed by atoms with Gasteiger partial charge in [0.2, 0.25) is 5.91 Å². The van der Waals surface area contributed by atoms with Gasteiger partial charge in [0.25, 0.3) is 5.91 Å². The van der Waals surface area contributed by atoms with E-state index in [0.717, 1.165) is 71.3 Å². The number of carbonyl (C=O) groups excluding carboxylic acids is 4. The van der Waals surface area contributed by atoms with Gasteiger partial charge in [0.15, 0.2) is 0 Å². The van der Waals surface area contributed by atoms with E-state index in [2.05, 4.69) is 43.8 Å². The summed E-state index contributed by atoms with van der Waals surface area (Å²) < 4.78 is 9.55. The molecule has 3 aliphatic rings. The minimum Gasteiger partial charge on any atom is -0.453 e. The second kappa shape index (κ2) is 14.7. The number of amides is 4. The average molecular weight is 731 g/mol. The van der Waals surface area contributed by atoms with E-state index in [9.17, 15) is 19.2 Å². The Kier molecular flexibility index (Phi) is 9.48. The standard InChI is InChI=1S/C40H42N8O6/c1-53-39(51)45-29-18-15-27-16-19-33(48(27)37(29)49)35-41-22-31(44-35)24-12-10-23(11-13-24)26-14-17-28-30(21-26)43-36(42-28)32-9-6-20-47(32)38(50)34(46-40(52)54-2)25-7-4-3-5-8-25/h3-5,7-8,10-14,17,21-22,27,29,32-34H,6,9,15-16,18-20H2,1-2H3,(H,41,44)(H,42,43)(H,45,51)(H,46,52)/t27-,29-,32?,33-,34+/m0/s1. The monoisotopic (exact) mass is 730 g/mol. The van der Waals surface area contributed by atoms with Gasteiger partial charge >= 0.3 is 12.2 Å². The Morgan fingerprint density at radius 2 is 1.56 bits per heavy atom. The van der Waals surface area contributed by atoms with Crippen LogP contribution in [0.1, 0.15) is 73.9 Å². The van der Waals surface area contributed by atoms with Crippen molar-refractivity contribution in [2.75, 3.05) is 20.8 Å². The van der Waals surface area contributed by atoms with Crippen molar-refractivity contribution in [2.45, 2.75) is 68.7 Å². The fourth-order valence-electron chi connectivity index (χ4n) is 8.22. The van der Waals surface area contributed by atoms with Crippen molar-refractivity contribution in [3.8, 4) is 22.4 Å². The summed E-state index contributed by atoms with van der Waals surface area (Å²) in [6.45, 7) is 0.550. The summed E-state index contributed by atoms with van der Waals surface area (Å²) in [6.07, 6.45) is 5.21. The number of benzene rings is 3. The normalized spacial score (nSPS) is 21.5. The number of nitrogens with one attached hydrogen (secondary N) is 4. The number of imidazole rings is 2. The predicted molar refractivity (Wildman–Crippen MR) is 199 cm³/mol. The number of H-pyrrole nitrogens is 2. The van der Waals surface area contributed by atoms with E-state index in [0.29, 0.717) is 24.4 Å². The lowest BCUT2D eigenvalue weighted by Gasteiger charge is -2.37. The van der Waals surface area contributed by atoms with Crippen LogP contribution < -0.4 is 10.6 Å². The first-order valence-corrected chi connectivity index (χ1v) is 18.3.